The molecule has 0 saturated heterocycles. The molecule has 1 aliphatic carbocycles. The number of halogens is 1. The van der Waals surface area contributed by atoms with Crippen molar-refractivity contribution in [3.8, 4) is 16.9 Å². The van der Waals surface area contributed by atoms with E-state index < -0.39 is 0 Å². The second kappa shape index (κ2) is 7.02. The number of fused-ring (bicyclic) bond motifs is 3. The number of carbonyl (C=O) groups is 1. The predicted molar refractivity (Wildman–Crippen MR) is 109 cm³/mol. The molecule has 5 rings (SSSR count). The van der Waals surface area contributed by atoms with Crippen LogP contribution in [0.2, 0.25) is 0 Å². The topological polar surface area (TPSA) is 80.4 Å². The van der Waals surface area contributed by atoms with E-state index in [1.54, 1.807) is 28.8 Å². The Morgan fingerprint density at radius 2 is 1.87 bits per heavy atom. The van der Waals surface area contributed by atoms with Crippen molar-refractivity contribution >= 4 is 11.4 Å². The molecule has 2 heterocycles. The van der Waals surface area contributed by atoms with Crippen LogP contribution in [0.4, 0.5) is 4.39 Å². The van der Waals surface area contributed by atoms with Gasteiger partial charge in [0, 0.05) is 12.3 Å². The molecule has 30 heavy (non-hydrogen) atoms. The number of aryl methyl sites for hydroxylation is 1. The summed E-state index contributed by atoms with van der Waals surface area (Å²) in [5, 5.41) is 23.6. The van der Waals surface area contributed by atoms with Gasteiger partial charge in [0.05, 0.1) is 17.0 Å². The number of aromatic nitrogens is 4. The van der Waals surface area contributed by atoms with E-state index in [1.165, 1.54) is 12.1 Å². The van der Waals surface area contributed by atoms with Crippen molar-refractivity contribution in [1.82, 2.24) is 19.8 Å². The van der Waals surface area contributed by atoms with Crippen molar-refractivity contribution in [2.45, 2.75) is 32.1 Å². The highest BCUT2D eigenvalue weighted by molar-refractivity contribution is 5.97. The number of Topliss-reactive ketones (excluding diaryl/α,β-unsaturated/α-hetero) is 1. The number of benzene rings is 2. The maximum absolute atomic E-state index is 13.4. The van der Waals surface area contributed by atoms with E-state index in [-0.39, 0.29) is 29.7 Å². The molecule has 0 bridgehead atoms. The minimum Gasteiger partial charge on any atom is -0.508 e. The first-order chi connectivity index (χ1) is 14.6. The van der Waals surface area contributed by atoms with Crippen LogP contribution in [0.1, 0.15) is 46.7 Å². The molecule has 0 radical (unpaired) electrons. The van der Waals surface area contributed by atoms with Gasteiger partial charge in [-0.25, -0.2) is 8.91 Å². The number of para-hydroxylation sites is 1. The number of nitrogens with zero attached hydrogens (tertiary/aromatic N) is 4. The lowest BCUT2D eigenvalue weighted by molar-refractivity contribution is 0.0955. The van der Waals surface area contributed by atoms with Crippen LogP contribution in [0.25, 0.3) is 16.8 Å². The fourth-order valence-electron chi connectivity index (χ4n) is 4.23. The van der Waals surface area contributed by atoms with Crippen LogP contribution in [0, 0.1) is 5.82 Å². The Kier molecular flexibility index (Phi) is 4.31. The van der Waals surface area contributed by atoms with Crippen molar-refractivity contribution in [2.24, 2.45) is 0 Å². The van der Waals surface area contributed by atoms with Gasteiger partial charge >= 0.3 is 0 Å². The Bertz CT molecular complexity index is 1280. The molecule has 2 aromatic heterocycles. The lowest BCUT2D eigenvalue weighted by Crippen LogP contribution is -2.24. The highest BCUT2D eigenvalue weighted by Crippen LogP contribution is 2.37. The molecule has 1 atom stereocenters. The van der Waals surface area contributed by atoms with E-state index in [2.05, 4.69) is 10.2 Å². The fraction of sp³-hybridized carbons (Fsp3) is 0.217. The number of ketones is 1. The third-order valence-corrected chi connectivity index (χ3v) is 5.69. The van der Waals surface area contributed by atoms with Gasteiger partial charge in [0.2, 0.25) is 0 Å². The maximum Gasteiger partial charge on any atom is 0.185 e. The summed E-state index contributed by atoms with van der Waals surface area (Å²) in [5.74, 6) is -0.413. The molecule has 6 nitrogen and oxygen atoms in total. The average molecular weight is 402 g/mol. The van der Waals surface area contributed by atoms with Gasteiger partial charge in [0.15, 0.2) is 17.1 Å². The Morgan fingerprint density at radius 1 is 1.10 bits per heavy atom. The predicted octanol–water partition coefficient (Wildman–Crippen LogP) is 4.11. The summed E-state index contributed by atoms with van der Waals surface area (Å²) in [6.07, 6.45) is 1.43. The molecule has 1 N–H and O–H groups in total. The summed E-state index contributed by atoms with van der Waals surface area (Å²) in [6, 6.07) is 13.3. The lowest BCUT2D eigenvalue weighted by atomic mass is 9.83. The Hall–Kier alpha value is -3.61. The van der Waals surface area contributed by atoms with E-state index in [0.29, 0.717) is 29.9 Å². The van der Waals surface area contributed by atoms with Crippen molar-refractivity contribution < 1.29 is 14.3 Å². The van der Waals surface area contributed by atoms with E-state index in [1.807, 2.05) is 19.1 Å². The highest BCUT2D eigenvalue weighted by atomic mass is 19.1. The zero-order chi connectivity index (χ0) is 20.8. The number of rotatable bonds is 3. The Balaban J connectivity index is 1.69. The second-order valence-electron chi connectivity index (χ2n) is 7.50. The summed E-state index contributed by atoms with van der Waals surface area (Å²) in [7, 11) is 0. The van der Waals surface area contributed by atoms with Gasteiger partial charge in [0.25, 0.3) is 0 Å². The van der Waals surface area contributed by atoms with Crippen molar-refractivity contribution in [3.05, 3.63) is 77.0 Å². The number of hydrogen-bond donors (Lipinski definition) is 1. The number of phenols is 1. The maximum atomic E-state index is 13.4. The molecular weight excluding hydrogens is 383 g/mol. The zero-order valence-corrected chi connectivity index (χ0v) is 16.3. The summed E-state index contributed by atoms with van der Waals surface area (Å²) in [5.41, 5.74) is 4.70. The second-order valence-corrected chi connectivity index (χ2v) is 7.50. The quantitative estimate of drug-likeness (QED) is 0.558. The average Bonchev–Trinajstić information content (AvgIpc) is 3.14. The molecule has 0 unspecified atom stereocenters. The van der Waals surface area contributed by atoms with Crippen LogP contribution in [-0.2, 0) is 12.8 Å². The molecule has 0 amide bonds. The summed E-state index contributed by atoms with van der Waals surface area (Å²) in [4.78, 5) is 12.8. The van der Waals surface area contributed by atoms with Crippen LogP contribution in [0.5, 0.6) is 5.75 Å². The molecule has 0 saturated carbocycles. The molecule has 0 fully saturated rings. The lowest BCUT2D eigenvalue weighted by Gasteiger charge is -2.23. The number of aromatic hydroxyl groups is 1. The van der Waals surface area contributed by atoms with Gasteiger partial charge < -0.3 is 5.11 Å². The van der Waals surface area contributed by atoms with Gasteiger partial charge in [-0.2, -0.15) is 5.10 Å². The minimum atomic E-state index is -0.312. The third-order valence-electron chi connectivity index (χ3n) is 5.69. The molecule has 150 valence electrons. The fourth-order valence-corrected chi connectivity index (χ4v) is 4.23. The molecule has 0 spiro atoms. The number of phenolic OH excluding ortho intramolecular Hbond substituents is 1. The molecule has 7 heteroatoms. The summed E-state index contributed by atoms with van der Waals surface area (Å²) < 4.78 is 15.1. The van der Waals surface area contributed by atoms with Gasteiger partial charge in [-0.3, -0.25) is 4.79 Å². The van der Waals surface area contributed by atoms with Crippen LogP contribution >= 0.6 is 0 Å². The van der Waals surface area contributed by atoms with Crippen LogP contribution in [0.3, 0.4) is 0 Å². The first-order valence-electron chi connectivity index (χ1n) is 9.91. The normalized spacial score (nSPS) is 16.1. The van der Waals surface area contributed by atoms with E-state index >= 15 is 0 Å². The first-order valence-corrected chi connectivity index (χ1v) is 9.91. The smallest absolute Gasteiger partial charge is 0.185 e. The van der Waals surface area contributed by atoms with Crippen LogP contribution in [-0.4, -0.2) is 30.7 Å². The van der Waals surface area contributed by atoms with Gasteiger partial charge in [0.1, 0.15) is 11.6 Å². The third kappa shape index (κ3) is 2.85. The summed E-state index contributed by atoms with van der Waals surface area (Å²) >= 11 is 0. The first kappa shape index (κ1) is 18.4. The SMILES string of the molecule is CCc1nn2c3c(nnc2c1-c1ccc(F)cc1)C(=O)C[C@H](c1ccccc1O)C3. The zero-order valence-electron chi connectivity index (χ0n) is 16.3. The van der Waals surface area contributed by atoms with Crippen molar-refractivity contribution in [2.75, 3.05) is 0 Å². The molecule has 4 aromatic rings. The Labute approximate surface area is 172 Å². The minimum absolute atomic E-state index is 0.115. The van der Waals surface area contributed by atoms with Crippen molar-refractivity contribution in [3.63, 3.8) is 0 Å². The summed E-state index contributed by atoms with van der Waals surface area (Å²) in [6.45, 7) is 1.99. The van der Waals surface area contributed by atoms with E-state index in [4.69, 9.17) is 5.10 Å². The number of hydrogen-bond acceptors (Lipinski definition) is 5. The Morgan fingerprint density at radius 3 is 2.60 bits per heavy atom. The van der Waals surface area contributed by atoms with Gasteiger partial charge in [-0.15, -0.1) is 10.2 Å². The number of carbonyl (C=O) groups excluding carboxylic acids is 1. The molecule has 1 aliphatic rings. The van der Waals surface area contributed by atoms with E-state index in [0.717, 1.165) is 22.4 Å². The van der Waals surface area contributed by atoms with Gasteiger partial charge in [-0.1, -0.05) is 37.3 Å². The van der Waals surface area contributed by atoms with Crippen LogP contribution < -0.4 is 0 Å². The molecule has 2 aromatic carbocycles. The van der Waals surface area contributed by atoms with E-state index in [9.17, 15) is 14.3 Å². The standard InChI is InChI=1S/C23H19FN4O2/c1-2-17-21(13-7-9-15(24)10-8-13)23-26-25-22-18(28(23)27-17)11-14(12-20(22)30)16-5-3-4-6-19(16)29/h3-10,14,29H,2,11-12H2,1H3/t14-/m1/s1. The highest BCUT2D eigenvalue weighted by Gasteiger charge is 2.32. The van der Waals surface area contributed by atoms with Crippen molar-refractivity contribution in [1.29, 1.82) is 0 Å². The van der Waals surface area contributed by atoms with Gasteiger partial charge in [-0.05, 0) is 42.2 Å². The largest absolute Gasteiger partial charge is 0.508 e. The van der Waals surface area contributed by atoms with Crippen LogP contribution in [0.15, 0.2) is 48.5 Å². The molecule has 0 aliphatic heterocycles. The molecular formula is C23H19FN4O2. The monoisotopic (exact) mass is 402 g/mol.